The van der Waals surface area contributed by atoms with E-state index in [1.165, 1.54) is 16.2 Å². The highest BCUT2D eigenvalue weighted by atomic mass is 14.7. The smallest absolute Gasteiger partial charge is 0.0709 e. The number of nitrogens with zero attached hydrogens (tertiary/aromatic N) is 2. The molecule has 0 N–H and O–H groups in total. The van der Waals surface area contributed by atoms with E-state index in [2.05, 4.69) is 40.3 Å². The number of pyridine rings is 2. The minimum Gasteiger partial charge on any atom is -0.256 e. The zero-order chi connectivity index (χ0) is 16.2. The number of fused-ring (bicyclic) bond motifs is 3. The summed E-state index contributed by atoms with van der Waals surface area (Å²) < 4.78 is 0. The average molecular weight is 308 g/mol. The van der Waals surface area contributed by atoms with Crippen molar-refractivity contribution >= 4 is 32.7 Å². The highest BCUT2D eigenvalue weighted by molar-refractivity contribution is 5.92. The van der Waals surface area contributed by atoms with E-state index in [9.17, 15) is 0 Å². The third-order valence-electron chi connectivity index (χ3n) is 3.94. The second-order valence-electron chi connectivity index (χ2n) is 5.57. The Morgan fingerprint density at radius 2 is 0.958 bits per heavy atom. The van der Waals surface area contributed by atoms with Crippen molar-refractivity contribution < 1.29 is 0 Å². The highest BCUT2D eigenvalue weighted by Crippen LogP contribution is 2.18. The standard InChI is InChI=1S/C13H9N.C9H7N/c1-3-7-12-10(5-1)9-11-6-2-4-8-13(11)14-12;1-2-6-9-8(4-1)5-3-7-10-9/h1-9H;1-7H. The van der Waals surface area contributed by atoms with Gasteiger partial charge in [0, 0.05) is 22.4 Å². The molecule has 114 valence electrons. The summed E-state index contributed by atoms with van der Waals surface area (Å²) in [6.07, 6.45) is 1.81. The van der Waals surface area contributed by atoms with Gasteiger partial charge in [-0.15, -0.1) is 0 Å². The fourth-order valence-corrected chi connectivity index (χ4v) is 2.74. The normalized spacial score (nSPS) is 10.5. The minimum absolute atomic E-state index is 1.06. The lowest BCUT2D eigenvalue weighted by molar-refractivity contribution is 1.41. The van der Waals surface area contributed by atoms with Crippen molar-refractivity contribution in [3.8, 4) is 0 Å². The molecule has 0 fully saturated rings. The molecule has 0 spiro atoms. The maximum Gasteiger partial charge on any atom is 0.0709 e. The molecule has 0 atom stereocenters. The van der Waals surface area contributed by atoms with Crippen LogP contribution in [0.4, 0.5) is 0 Å². The molecule has 0 aliphatic heterocycles. The van der Waals surface area contributed by atoms with E-state index in [1.54, 1.807) is 0 Å². The third kappa shape index (κ3) is 2.95. The topological polar surface area (TPSA) is 25.8 Å². The molecule has 0 saturated carbocycles. The SMILES string of the molecule is c1ccc2nc3ccccc3cc2c1.c1ccc2ncccc2c1. The van der Waals surface area contributed by atoms with Gasteiger partial charge in [-0.2, -0.15) is 0 Å². The largest absolute Gasteiger partial charge is 0.256 e. The van der Waals surface area contributed by atoms with Crippen molar-refractivity contribution in [2.24, 2.45) is 0 Å². The van der Waals surface area contributed by atoms with Crippen LogP contribution in [0.15, 0.2) is 97.2 Å². The first-order valence-electron chi connectivity index (χ1n) is 7.94. The molecule has 0 unspecified atom stereocenters. The van der Waals surface area contributed by atoms with E-state index < -0.39 is 0 Å². The van der Waals surface area contributed by atoms with Crippen LogP contribution < -0.4 is 0 Å². The molecule has 0 radical (unpaired) electrons. The van der Waals surface area contributed by atoms with Crippen LogP contribution in [0.25, 0.3) is 32.7 Å². The summed E-state index contributed by atoms with van der Waals surface area (Å²) in [5, 5.41) is 3.60. The fourth-order valence-electron chi connectivity index (χ4n) is 2.74. The number of hydrogen-bond acceptors (Lipinski definition) is 2. The Balaban J connectivity index is 0.000000129. The van der Waals surface area contributed by atoms with Gasteiger partial charge in [-0.1, -0.05) is 60.7 Å². The number of hydrogen-bond donors (Lipinski definition) is 0. The summed E-state index contributed by atoms with van der Waals surface area (Å²) in [5.41, 5.74) is 3.18. The number of rotatable bonds is 0. The van der Waals surface area contributed by atoms with Crippen molar-refractivity contribution in [2.75, 3.05) is 0 Å². The van der Waals surface area contributed by atoms with Crippen molar-refractivity contribution in [2.45, 2.75) is 0 Å². The van der Waals surface area contributed by atoms with Gasteiger partial charge in [0.1, 0.15) is 0 Å². The predicted molar refractivity (Wildman–Crippen MR) is 101 cm³/mol. The van der Waals surface area contributed by atoms with Crippen LogP contribution in [0.2, 0.25) is 0 Å². The van der Waals surface area contributed by atoms with Gasteiger partial charge in [0.2, 0.25) is 0 Å². The van der Waals surface area contributed by atoms with Gasteiger partial charge < -0.3 is 0 Å². The summed E-state index contributed by atoms with van der Waals surface area (Å²) >= 11 is 0. The molecule has 0 saturated heterocycles. The summed E-state index contributed by atoms with van der Waals surface area (Å²) in [7, 11) is 0. The monoisotopic (exact) mass is 308 g/mol. The first kappa shape index (κ1) is 14.3. The molecule has 0 aliphatic rings. The van der Waals surface area contributed by atoms with Crippen LogP contribution in [-0.2, 0) is 0 Å². The van der Waals surface area contributed by atoms with Crippen LogP contribution >= 0.6 is 0 Å². The molecular weight excluding hydrogens is 292 g/mol. The molecule has 0 aliphatic carbocycles. The van der Waals surface area contributed by atoms with E-state index in [0.29, 0.717) is 0 Å². The maximum atomic E-state index is 4.58. The zero-order valence-corrected chi connectivity index (χ0v) is 13.1. The molecule has 0 amide bonds. The van der Waals surface area contributed by atoms with E-state index >= 15 is 0 Å². The maximum absolute atomic E-state index is 4.58. The third-order valence-corrected chi connectivity index (χ3v) is 3.94. The molecule has 5 rings (SSSR count). The number of para-hydroxylation sites is 3. The summed E-state index contributed by atoms with van der Waals surface area (Å²) in [6.45, 7) is 0. The number of benzene rings is 3. The van der Waals surface area contributed by atoms with Crippen LogP contribution in [0.3, 0.4) is 0 Å². The number of aromatic nitrogens is 2. The highest BCUT2D eigenvalue weighted by Gasteiger charge is 1.96. The molecular formula is C22H16N2. The lowest BCUT2D eigenvalue weighted by Gasteiger charge is -1.99. The van der Waals surface area contributed by atoms with Crippen LogP contribution in [0.1, 0.15) is 0 Å². The van der Waals surface area contributed by atoms with Crippen molar-refractivity contribution in [1.82, 2.24) is 9.97 Å². The quantitative estimate of drug-likeness (QED) is 0.347. The Morgan fingerprint density at radius 1 is 0.458 bits per heavy atom. The second-order valence-corrected chi connectivity index (χ2v) is 5.57. The van der Waals surface area contributed by atoms with Crippen molar-refractivity contribution in [3.63, 3.8) is 0 Å². The first-order valence-corrected chi connectivity index (χ1v) is 7.94. The van der Waals surface area contributed by atoms with Gasteiger partial charge >= 0.3 is 0 Å². The molecule has 24 heavy (non-hydrogen) atoms. The van der Waals surface area contributed by atoms with Gasteiger partial charge in [0.25, 0.3) is 0 Å². The van der Waals surface area contributed by atoms with Crippen LogP contribution in [0, 0.1) is 0 Å². The molecule has 0 bridgehead atoms. The fraction of sp³-hybridized carbons (Fsp3) is 0. The molecule has 2 aromatic heterocycles. The summed E-state index contributed by atoms with van der Waals surface area (Å²) in [4.78, 5) is 8.76. The Labute approximate surface area is 140 Å². The Morgan fingerprint density at radius 3 is 1.58 bits per heavy atom. The van der Waals surface area contributed by atoms with E-state index in [1.807, 2.05) is 66.9 Å². The molecule has 2 heterocycles. The molecule has 5 aromatic rings. The molecule has 3 aromatic carbocycles. The Bertz CT molecular complexity index is 946. The predicted octanol–water partition coefficient (Wildman–Crippen LogP) is 5.62. The van der Waals surface area contributed by atoms with Gasteiger partial charge in [-0.25, -0.2) is 4.98 Å². The summed E-state index contributed by atoms with van der Waals surface area (Å²) in [6, 6.07) is 30.7. The average Bonchev–Trinajstić information content (AvgIpc) is 2.67. The lowest BCUT2D eigenvalue weighted by atomic mass is 10.1. The van der Waals surface area contributed by atoms with Gasteiger partial charge in [-0.05, 0) is 30.3 Å². The molecule has 2 nitrogen and oxygen atoms in total. The summed E-state index contributed by atoms with van der Waals surface area (Å²) in [5.74, 6) is 0. The lowest BCUT2D eigenvalue weighted by Crippen LogP contribution is -1.80. The zero-order valence-electron chi connectivity index (χ0n) is 13.1. The Kier molecular flexibility index (Phi) is 3.86. The van der Waals surface area contributed by atoms with Gasteiger partial charge in [-0.3, -0.25) is 4.98 Å². The second kappa shape index (κ2) is 6.47. The Hall–Kier alpha value is -3.26. The van der Waals surface area contributed by atoms with Gasteiger partial charge in [0.05, 0.1) is 16.6 Å². The van der Waals surface area contributed by atoms with E-state index in [4.69, 9.17) is 0 Å². The van der Waals surface area contributed by atoms with E-state index in [0.717, 1.165) is 16.6 Å². The minimum atomic E-state index is 1.06. The first-order chi connectivity index (χ1) is 11.9. The van der Waals surface area contributed by atoms with E-state index in [-0.39, 0.29) is 0 Å². The molecule has 2 heteroatoms. The van der Waals surface area contributed by atoms with Crippen LogP contribution in [0.5, 0.6) is 0 Å². The van der Waals surface area contributed by atoms with Crippen molar-refractivity contribution in [1.29, 1.82) is 0 Å². The van der Waals surface area contributed by atoms with Crippen LogP contribution in [-0.4, -0.2) is 9.97 Å². The van der Waals surface area contributed by atoms with Gasteiger partial charge in [0.15, 0.2) is 0 Å². The van der Waals surface area contributed by atoms with Crippen molar-refractivity contribution in [3.05, 3.63) is 97.2 Å².